The Balaban J connectivity index is 2.15. The maximum absolute atomic E-state index is 14.3. The molecule has 2 aromatic rings. The molecule has 0 amide bonds. The summed E-state index contributed by atoms with van der Waals surface area (Å²) in [5.41, 5.74) is 0.816. The maximum Gasteiger partial charge on any atom is 0.135 e. The van der Waals surface area contributed by atoms with Crippen LogP contribution in [0.3, 0.4) is 0 Å². The fraction of sp³-hybridized carbons (Fsp3) is 0.286. The van der Waals surface area contributed by atoms with E-state index in [9.17, 15) is 4.39 Å². The molecule has 16 heavy (non-hydrogen) atoms. The number of hydrogen-bond donors (Lipinski definition) is 1. The molecule has 82 valence electrons. The van der Waals surface area contributed by atoms with Crippen LogP contribution in [0.15, 0.2) is 36.4 Å². The van der Waals surface area contributed by atoms with E-state index in [4.69, 9.17) is 0 Å². The first-order valence-electron chi connectivity index (χ1n) is 5.77. The largest absolute Gasteiger partial charge is 0.310 e. The molecule has 0 aromatic heterocycles. The van der Waals surface area contributed by atoms with Crippen molar-refractivity contribution in [3.63, 3.8) is 0 Å². The van der Waals surface area contributed by atoms with Crippen molar-refractivity contribution < 1.29 is 4.39 Å². The fourth-order valence-electron chi connectivity index (χ4n) is 2.47. The Morgan fingerprint density at radius 3 is 2.81 bits per heavy atom. The lowest BCUT2D eigenvalue weighted by Gasteiger charge is -2.13. The van der Waals surface area contributed by atoms with Crippen molar-refractivity contribution in [2.45, 2.75) is 18.9 Å². The minimum Gasteiger partial charge on any atom is -0.310 e. The summed E-state index contributed by atoms with van der Waals surface area (Å²) in [7, 11) is 0. The Morgan fingerprint density at radius 1 is 1.12 bits per heavy atom. The molecule has 1 aliphatic rings. The number of benzene rings is 2. The third-order valence-electron chi connectivity index (χ3n) is 3.33. The third-order valence-corrected chi connectivity index (χ3v) is 3.33. The van der Waals surface area contributed by atoms with Gasteiger partial charge in [0.25, 0.3) is 0 Å². The molecular formula is C14H14FN. The minimum atomic E-state index is -0.0579. The van der Waals surface area contributed by atoms with Crippen LogP contribution in [0.1, 0.15) is 24.4 Å². The van der Waals surface area contributed by atoms with Crippen LogP contribution in [0.5, 0.6) is 0 Å². The van der Waals surface area contributed by atoms with Gasteiger partial charge in [0.05, 0.1) is 0 Å². The maximum atomic E-state index is 14.3. The number of halogens is 1. The minimum absolute atomic E-state index is 0.0579. The van der Waals surface area contributed by atoms with Gasteiger partial charge >= 0.3 is 0 Å². The van der Waals surface area contributed by atoms with E-state index in [1.807, 2.05) is 36.4 Å². The molecule has 2 aromatic carbocycles. The van der Waals surface area contributed by atoms with Gasteiger partial charge in [-0.05, 0) is 24.8 Å². The first-order chi connectivity index (χ1) is 7.86. The van der Waals surface area contributed by atoms with Crippen molar-refractivity contribution in [3.05, 3.63) is 47.8 Å². The summed E-state index contributed by atoms with van der Waals surface area (Å²) in [4.78, 5) is 0. The highest BCUT2D eigenvalue weighted by Gasteiger charge is 2.20. The lowest BCUT2D eigenvalue weighted by Crippen LogP contribution is -2.14. The molecule has 0 bridgehead atoms. The van der Waals surface area contributed by atoms with Crippen LogP contribution >= 0.6 is 0 Å². The van der Waals surface area contributed by atoms with E-state index in [0.29, 0.717) is 0 Å². The van der Waals surface area contributed by atoms with E-state index in [-0.39, 0.29) is 11.9 Å². The first-order valence-corrected chi connectivity index (χ1v) is 5.77. The zero-order valence-corrected chi connectivity index (χ0v) is 9.04. The Morgan fingerprint density at radius 2 is 2.00 bits per heavy atom. The highest BCUT2D eigenvalue weighted by Crippen LogP contribution is 2.29. The molecular weight excluding hydrogens is 201 g/mol. The summed E-state index contributed by atoms with van der Waals surface area (Å²) in [6.07, 6.45) is 2.17. The van der Waals surface area contributed by atoms with Crippen molar-refractivity contribution in [2.75, 3.05) is 6.54 Å². The molecule has 1 fully saturated rings. The van der Waals surface area contributed by atoms with Crippen molar-refractivity contribution in [2.24, 2.45) is 0 Å². The molecule has 0 aliphatic carbocycles. The summed E-state index contributed by atoms with van der Waals surface area (Å²) in [5.74, 6) is -0.0579. The van der Waals surface area contributed by atoms with Gasteiger partial charge in [-0.3, -0.25) is 0 Å². The molecule has 1 nitrogen and oxygen atoms in total. The zero-order valence-electron chi connectivity index (χ0n) is 9.04. The third kappa shape index (κ3) is 1.50. The molecule has 0 radical (unpaired) electrons. The quantitative estimate of drug-likeness (QED) is 0.768. The van der Waals surface area contributed by atoms with Gasteiger partial charge in [-0.25, -0.2) is 4.39 Å². The number of hydrogen-bond acceptors (Lipinski definition) is 1. The molecule has 1 aliphatic heterocycles. The van der Waals surface area contributed by atoms with E-state index < -0.39 is 0 Å². The fourth-order valence-corrected chi connectivity index (χ4v) is 2.47. The normalized spacial score (nSPS) is 20.4. The molecule has 1 heterocycles. The van der Waals surface area contributed by atoms with Gasteiger partial charge in [-0.2, -0.15) is 0 Å². The number of fused-ring (bicyclic) bond motifs is 1. The number of nitrogens with one attached hydrogen (secondary N) is 1. The van der Waals surface area contributed by atoms with Crippen LogP contribution in [-0.4, -0.2) is 6.54 Å². The molecule has 0 spiro atoms. The Kier molecular flexibility index (Phi) is 2.37. The van der Waals surface area contributed by atoms with Gasteiger partial charge in [-0.15, -0.1) is 0 Å². The highest BCUT2D eigenvalue weighted by molar-refractivity contribution is 5.83. The van der Waals surface area contributed by atoms with Gasteiger partial charge in [0.2, 0.25) is 0 Å². The summed E-state index contributed by atoms with van der Waals surface area (Å²) in [6.45, 7) is 0.997. The van der Waals surface area contributed by atoms with Gasteiger partial charge in [-0.1, -0.05) is 36.4 Å². The second kappa shape index (κ2) is 3.87. The molecule has 1 N–H and O–H groups in total. The van der Waals surface area contributed by atoms with Gasteiger partial charge < -0.3 is 5.32 Å². The average Bonchev–Trinajstić information content (AvgIpc) is 2.83. The number of rotatable bonds is 1. The van der Waals surface area contributed by atoms with E-state index in [0.717, 1.165) is 35.7 Å². The van der Waals surface area contributed by atoms with Crippen LogP contribution in [0, 0.1) is 5.82 Å². The molecule has 1 unspecified atom stereocenters. The van der Waals surface area contributed by atoms with Crippen LogP contribution in [0.4, 0.5) is 4.39 Å². The second-order valence-electron chi connectivity index (χ2n) is 4.34. The van der Waals surface area contributed by atoms with Crippen LogP contribution in [-0.2, 0) is 0 Å². The summed E-state index contributed by atoms with van der Waals surface area (Å²) >= 11 is 0. The van der Waals surface area contributed by atoms with Crippen molar-refractivity contribution >= 4 is 10.8 Å². The molecule has 3 rings (SSSR count). The second-order valence-corrected chi connectivity index (χ2v) is 4.34. The predicted octanol–water partition coefficient (Wildman–Crippen LogP) is 3.40. The van der Waals surface area contributed by atoms with Crippen LogP contribution in [0.25, 0.3) is 10.8 Å². The standard InChI is InChI=1S/C14H14FN/c15-14-11-5-2-1-4-10(11)7-8-12(14)13-6-3-9-16-13/h1-2,4-5,7-8,13,16H,3,6,9H2. The summed E-state index contributed by atoms with van der Waals surface area (Å²) in [6, 6.07) is 11.7. The topological polar surface area (TPSA) is 12.0 Å². The van der Waals surface area contributed by atoms with Gasteiger partial charge in [0.1, 0.15) is 5.82 Å². The van der Waals surface area contributed by atoms with Crippen molar-refractivity contribution in [3.8, 4) is 0 Å². The SMILES string of the molecule is Fc1c(C2CCCN2)ccc2ccccc12. The predicted molar refractivity (Wildman–Crippen MR) is 63.9 cm³/mol. The van der Waals surface area contributed by atoms with Gasteiger partial charge in [0, 0.05) is 17.0 Å². The van der Waals surface area contributed by atoms with Crippen molar-refractivity contribution in [1.29, 1.82) is 0 Å². The summed E-state index contributed by atoms with van der Waals surface area (Å²) < 4.78 is 14.3. The average molecular weight is 215 g/mol. The smallest absolute Gasteiger partial charge is 0.135 e. The Labute approximate surface area is 94.3 Å². The van der Waals surface area contributed by atoms with Crippen molar-refractivity contribution in [1.82, 2.24) is 5.32 Å². The molecule has 1 atom stereocenters. The summed E-state index contributed by atoms with van der Waals surface area (Å²) in [5, 5.41) is 5.04. The zero-order chi connectivity index (χ0) is 11.0. The van der Waals surface area contributed by atoms with E-state index in [1.54, 1.807) is 0 Å². The molecule has 0 saturated carbocycles. The monoisotopic (exact) mass is 215 g/mol. The Hall–Kier alpha value is -1.41. The Bertz CT molecular complexity index is 515. The van der Waals surface area contributed by atoms with Crippen LogP contribution < -0.4 is 5.32 Å². The molecule has 2 heteroatoms. The van der Waals surface area contributed by atoms with E-state index >= 15 is 0 Å². The highest BCUT2D eigenvalue weighted by atomic mass is 19.1. The lowest BCUT2D eigenvalue weighted by molar-refractivity contribution is 0.567. The van der Waals surface area contributed by atoms with E-state index in [1.165, 1.54) is 0 Å². The first kappa shape index (κ1) is 9.79. The van der Waals surface area contributed by atoms with Crippen LogP contribution in [0.2, 0.25) is 0 Å². The lowest BCUT2D eigenvalue weighted by atomic mass is 10.00. The van der Waals surface area contributed by atoms with Gasteiger partial charge in [0.15, 0.2) is 0 Å². The molecule has 1 saturated heterocycles. The van der Waals surface area contributed by atoms with E-state index in [2.05, 4.69) is 5.32 Å².